The lowest BCUT2D eigenvalue weighted by molar-refractivity contribution is -0.132. The fourth-order valence-electron chi connectivity index (χ4n) is 4.62. The molecule has 0 spiro atoms. The number of hydrogen-bond acceptors (Lipinski definition) is 7. The van der Waals surface area contributed by atoms with Gasteiger partial charge < -0.3 is 9.84 Å². The maximum atomic E-state index is 13.5. The van der Waals surface area contributed by atoms with E-state index in [9.17, 15) is 14.7 Å². The van der Waals surface area contributed by atoms with Crippen LogP contribution in [0.3, 0.4) is 0 Å². The number of ketones is 1. The van der Waals surface area contributed by atoms with Gasteiger partial charge in [0.1, 0.15) is 11.5 Å². The van der Waals surface area contributed by atoms with Crippen molar-refractivity contribution in [1.82, 2.24) is 9.97 Å². The summed E-state index contributed by atoms with van der Waals surface area (Å²) >= 11 is 7.59. The summed E-state index contributed by atoms with van der Waals surface area (Å²) in [5, 5.41) is 12.5. The van der Waals surface area contributed by atoms with Gasteiger partial charge in [-0.3, -0.25) is 19.5 Å². The predicted octanol–water partition coefficient (Wildman–Crippen LogP) is 6.59. The maximum Gasteiger partial charge on any atom is 0.301 e. The molecule has 2 aromatic carbocycles. The van der Waals surface area contributed by atoms with Crippen molar-refractivity contribution in [2.24, 2.45) is 0 Å². The van der Waals surface area contributed by atoms with Crippen molar-refractivity contribution in [2.45, 2.75) is 39.2 Å². The number of aliphatic hydroxyl groups is 1. The molecule has 0 saturated carbocycles. The minimum Gasteiger partial charge on any atom is -0.507 e. The lowest BCUT2D eigenvalue weighted by atomic mass is 9.84. The summed E-state index contributed by atoms with van der Waals surface area (Å²) in [4.78, 5) is 37.2. The minimum atomic E-state index is -0.916. The molecule has 5 rings (SSSR count). The third-order valence-corrected chi connectivity index (χ3v) is 8.01. The molecule has 0 bridgehead atoms. The van der Waals surface area contributed by atoms with Gasteiger partial charge in [0.05, 0.1) is 28.9 Å². The fourth-order valence-corrected chi connectivity index (χ4v) is 5.85. The number of aryl methyl sites for hydroxylation is 1. The number of pyridine rings is 1. The van der Waals surface area contributed by atoms with Crippen molar-refractivity contribution in [3.8, 4) is 5.75 Å². The smallest absolute Gasteiger partial charge is 0.301 e. The van der Waals surface area contributed by atoms with Crippen molar-refractivity contribution in [3.05, 3.63) is 87.7 Å². The first-order valence-electron chi connectivity index (χ1n) is 12.0. The topological polar surface area (TPSA) is 92.6 Å². The average molecular weight is 548 g/mol. The van der Waals surface area contributed by atoms with Crippen LogP contribution < -0.4 is 9.64 Å². The molecule has 1 amide bonds. The molecule has 1 aliphatic rings. The first-order chi connectivity index (χ1) is 18.0. The Kier molecular flexibility index (Phi) is 6.49. The number of amides is 1. The summed E-state index contributed by atoms with van der Waals surface area (Å²) < 4.78 is 6.36. The molecule has 0 radical (unpaired) electrons. The first-order valence-corrected chi connectivity index (χ1v) is 13.2. The summed E-state index contributed by atoms with van der Waals surface area (Å²) in [5.74, 6) is -1.17. The Hall–Kier alpha value is -3.75. The summed E-state index contributed by atoms with van der Waals surface area (Å²) in [5.41, 5.74) is 3.03. The van der Waals surface area contributed by atoms with Crippen molar-refractivity contribution < 1.29 is 19.4 Å². The Balaban J connectivity index is 1.72. The predicted molar refractivity (Wildman–Crippen MR) is 150 cm³/mol. The summed E-state index contributed by atoms with van der Waals surface area (Å²) in [6, 6.07) is 11.5. The van der Waals surface area contributed by atoms with Crippen LogP contribution in [-0.4, -0.2) is 33.9 Å². The van der Waals surface area contributed by atoms with Gasteiger partial charge in [0.25, 0.3) is 5.78 Å². The second-order valence-electron chi connectivity index (χ2n) is 10.2. The number of Topliss-reactive ketones (excluding diaryl/α,β-unsaturated/α-hetero) is 1. The number of nitrogens with zero attached hydrogens (tertiary/aromatic N) is 3. The average Bonchev–Trinajstić information content (AvgIpc) is 3.40. The normalized spacial score (nSPS) is 17.4. The molecule has 2 aromatic heterocycles. The SMILES string of the molecule is COc1ccc(/C(O)=C2\C(=O)C(=O)N(c3nc4cc(Cl)c(C)cc4s3)C2c2cccnc2)cc1C(C)(C)C. The standard InChI is InChI=1S/C29H26ClN3O4S/c1-15-11-22-20(13-19(15)30)32-28(38-22)33-24(17-7-6-10-31-14-17)23(26(35)27(33)36)25(34)16-8-9-21(37-5)18(12-16)29(2,3)4/h6-14,24,34H,1-5H3/b25-23+. The molecule has 7 nitrogen and oxygen atoms in total. The number of ether oxygens (including phenoxy) is 1. The summed E-state index contributed by atoms with van der Waals surface area (Å²) in [6.07, 6.45) is 3.19. The molecule has 1 fully saturated rings. The van der Waals surface area contributed by atoms with Crippen LogP contribution in [0.25, 0.3) is 16.0 Å². The second kappa shape index (κ2) is 9.53. The quantitative estimate of drug-likeness (QED) is 0.176. The van der Waals surface area contributed by atoms with Gasteiger partial charge in [-0.25, -0.2) is 4.98 Å². The van der Waals surface area contributed by atoms with E-state index >= 15 is 0 Å². The Morgan fingerprint density at radius 2 is 1.92 bits per heavy atom. The largest absolute Gasteiger partial charge is 0.507 e. The van der Waals surface area contributed by atoms with Crippen LogP contribution in [-0.2, 0) is 15.0 Å². The van der Waals surface area contributed by atoms with Gasteiger partial charge in [-0.1, -0.05) is 49.8 Å². The summed E-state index contributed by atoms with van der Waals surface area (Å²) in [7, 11) is 1.59. The van der Waals surface area contributed by atoms with E-state index in [4.69, 9.17) is 16.3 Å². The highest BCUT2D eigenvalue weighted by molar-refractivity contribution is 7.22. The van der Waals surface area contributed by atoms with Crippen molar-refractivity contribution in [3.63, 3.8) is 0 Å². The van der Waals surface area contributed by atoms with Crippen LogP contribution in [0.2, 0.25) is 5.02 Å². The van der Waals surface area contributed by atoms with Crippen LogP contribution in [0.1, 0.15) is 49.1 Å². The second-order valence-corrected chi connectivity index (χ2v) is 11.6. The number of methoxy groups -OCH3 is 1. The molecule has 1 atom stereocenters. The van der Waals surface area contributed by atoms with E-state index < -0.39 is 17.7 Å². The van der Waals surface area contributed by atoms with Crippen molar-refractivity contribution in [2.75, 3.05) is 12.0 Å². The number of rotatable bonds is 4. The third kappa shape index (κ3) is 4.33. The zero-order chi connectivity index (χ0) is 27.4. The Bertz CT molecular complexity index is 1580. The van der Waals surface area contributed by atoms with Gasteiger partial charge in [0, 0.05) is 28.5 Å². The number of aromatic nitrogens is 2. The van der Waals surface area contributed by atoms with Crippen LogP contribution in [0.5, 0.6) is 5.75 Å². The highest BCUT2D eigenvalue weighted by Crippen LogP contribution is 2.45. The van der Waals surface area contributed by atoms with E-state index in [0.29, 0.717) is 32.5 Å². The lowest BCUT2D eigenvalue weighted by Gasteiger charge is -2.24. The van der Waals surface area contributed by atoms with Crippen LogP contribution in [0, 0.1) is 6.92 Å². The van der Waals surface area contributed by atoms with Crippen molar-refractivity contribution >= 4 is 55.7 Å². The number of aliphatic hydroxyl groups excluding tert-OH is 1. The Labute approximate surface area is 229 Å². The van der Waals surface area contributed by atoms with Crippen LogP contribution >= 0.6 is 22.9 Å². The molecular formula is C29H26ClN3O4S. The molecule has 1 saturated heterocycles. The molecule has 38 heavy (non-hydrogen) atoms. The maximum absolute atomic E-state index is 13.5. The van der Waals surface area contributed by atoms with Gasteiger partial charge in [0.2, 0.25) is 0 Å². The number of carbonyl (C=O) groups is 2. The van der Waals surface area contributed by atoms with Gasteiger partial charge in [0.15, 0.2) is 5.13 Å². The van der Waals surface area contributed by atoms with Crippen LogP contribution in [0.15, 0.2) is 60.4 Å². The molecule has 3 heterocycles. The number of benzene rings is 2. The molecule has 0 aliphatic carbocycles. The van der Waals surface area contributed by atoms with Gasteiger partial charge in [-0.15, -0.1) is 0 Å². The fraction of sp³-hybridized carbons (Fsp3) is 0.241. The number of anilines is 1. The molecule has 9 heteroatoms. The van der Waals surface area contributed by atoms with Crippen molar-refractivity contribution in [1.29, 1.82) is 0 Å². The first kappa shape index (κ1) is 25.9. The molecule has 1 N–H and O–H groups in total. The molecular weight excluding hydrogens is 522 g/mol. The zero-order valence-corrected chi connectivity index (χ0v) is 23.1. The number of fused-ring (bicyclic) bond motifs is 1. The highest BCUT2D eigenvalue weighted by atomic mass is 35.5. The van der Waals surface area contributed by atoms with Gasteiger partial charge >= 0.3 is 5.91 Å². The number of carbonyl (C=O) groups excluding carboxylic acids is 2. The van der Waals surface area contributed by atoms with Crippen LogP contribution in [0.4, 0.5) is 5.13 Å². The van der Waals surface area contributed by atoms with E-state index in [1.165, 1.54) is 16.2 Å². The van der Waals surface area contributed by atoms with E-state index in [-0.39, 0.29) is 16.7 Å². The lowest BCUT2D eigenvalue weighted by Crippen LogP contribution is -2.29. The third-order valence-electron chi connectivity index (χ3n) is 6.59. The molecule has 1 unspecified atom stereocenters. The number of hydrogen-bond donors (Lipinski definition) is 1. The van der Waals surface area contributed by atoms with Gasteiger partial charge in [-0.05, 0) is 59.9 Å². The molecule has 4 aromatic rings. The molecule has 194 valence electrons. The number of thiazole rings is 1. The Morgan fingerprint density at radius 1 is 1.16 bits per heavy atom. The monoisotopic (exact) mass is 547 g/mol. The van der Waals surface area contributed by atoms with E-state index in [1.54, 1.807) is 55.9 Å². The Morgan fingerprint density at radius 3 is 2.58 bits per heavy atom. The van der Waals surface area contributed by atoms with Gasteiger partial charge in [-0.2, -0.15) is 0 Å². The minimum absolute atomic E-state index is 0.0264. The molecule has 1 aliphatic heterocycles. The summed E-state index contributed by atoms with van der Waals surface area (Å²) in [6.45, 7) is 7.99. The zero-order valence-electron chi connectivity index (χ0n) is 21.6. The highest BCUT2D eigenvalue weighted by Gasteiger charge is 2.48. The van der Waals surface area contributed by atoms with E-state index in [2.05, 4.69) is 9.97 Å². The van der Waals surface area contributed by atoms with E-state index in [1.807, 2.05) is 33.8 Å². The number of halogens is 1. The van der Waals surface area contributed by atoms with E-state index in [0.717, 1.165) is 15.8 Å².